The highest BCUT2D eigenvalue weighted by molar-refractivity contribution is 8.38. The van der Waals surface area contributed by atoms with Crippen LogP contribution >= 0.6 is 23.5 Å². The summed E-state index contributed by atoms with van der Waals surface area (Å²) in [6.45, 7) is 3.57. The Bertz CT molecular complexity index is 871. The third-order valence-corrected chi connectivity index (χ3v) is 6.72. The average Bonchev–Trinajstić information content (AvgIpc) is 3.28. The number of hydrogen-bond acceptors (Lipinski definition) is 6. The third-order valence-electron chi connectivity index (χ3n) is 4.42. The molecule has 0 aliphatic carbocycles. The fraction of sp³-hybridized carbons (Fsp3) is 0.318. The number of benzene rings is 2. The minimum atomic E-state index is -0.466. The van der Waals surface area contributed by atoms with Crippen molar-refractivity contribution in [3.05, 3.63) is 71.3 Å². The first-order chi connectivity index (χ1) is 14.2. The largest absolute Gasteiger partial charge is 0.452 e. The van der Waals surface area contributed by atoms with E-state index in [0.29, 0.717) is 24.4 Å². The molecule has 0 spiro atoms. The molecule has 2 aromatic rings. The van der Waals surface area contributed by atoms with Gasteiger partial charge in [-0.15, -0.1) is 0 Å². The summed E-state index contributed by atoms with van der Waals surface area (Å²) in [6.07, 6.45) is 0. The van der Waals surface area contributed by atoms with E-state index >= 15 is 0 Å². The quantitative estimate of drug-likeness (QED) is 0.589. The van der Waals surface area contributed by atoms with Crippen molar-refractivity contribution in [2.45, 2.75) is 19.2 Å². The molecule has 0 saturated carbocycles. The Morgan fingerprint density at radius 2 is 1.90 bits per heavy atom. The van der Waals surface area contributed by atoms with E-state index in [2.05, 4.69) is 4.99 Å². The second-order valence-corrected chi connectivity index (χ2v) is 8.72. The number of likely N-dealkylation sites (N-methyl/N-ethyl adjacent to an activating group) is 1. The van der Waals surface area contributed by atoms with Crippen LogP contribution in [0.3, 0.4) is 0 Å². The number of amides is 1. The van der Waals surface area contributed by atoms with Gasteiger partial charge in [0.05, 0.1) is 12.1 Å². The molecule has 1 aliphatic heterocycles. The van der Waals surface area contributed by atoms with Crippen molar-refractivity contribution in [1.82, 2.24) is 4.90 Å². The molecule has 0 saturated heterocycles. The first-order valence-corrected chi connectivity index (χ1v) is 11.5. The molecule has 1 aliphatic rings. The predicted molar refractivity (Wildman–Crippen MR) is 120 cm³/mol. The van der Waals surface area contributed by atoms with Gasteiger partial charge >= 0.3 is 5.97 Å². The fourth-order valence-corrected chi connectivity index (χ4v) is 4.88. The smallest absolute Gasteiger partial charge is 0.338 e. The summed E-state index contributed by atoms with van der Waals surface area (Å²) in [6, 6.07) is 17.1. The molecule has 1 amide bonds. The van der Waals surface area contributed by atoms with Crippen molar-refractivity contribution < 1.29 is 14.3 Å². The van der Waals surface area contributed by atoms with Crippen LogP contribution < -0.4 is 0 Å². The van der Waals surface area contributed by atoms with Crippen molar-refractivity contribution in [1.29, 1.82) is 0 Å². The van der Waals surface area contributed by atoms with E-state index in [4.69, 9.17) is 4.74 Å². The second kappa shape index (κ2) is 11.1. The van der Waals surface area contributed by atoms with Crippen LogP contribution in [0.1, 0.15) is 28.4 Å². The van der Waals surface area contributed by atoms with E-state index in [9.17, 15) is 9.59 Å². The summed E-state index contributed by atoms with van der Waals surface area (Å²) in [4.78, 5) is 31.2. The Balaban J connectivity index is 1.56. The molecular weight excluding hydrogens is 404 g/mol. The van der Waals surface area contributed by atoms with Gasteiger partial charge in [0, 0.05) is 24.6 Å². The van der Waals surface area contributed by atoms with Gasteiger partial charge in [-0.25, -0.2) is 4.79 Å². The zero-order valence-electron chi connectivity index (χ0n) is 16.4. The Labute approximate surface area is 179 Å². The first kappa shape index (κ1) is 21.5. The molecule has 1 heterocycles. The van der Waals surface area contributed by atoms with Crippen molar-refractivity contribution in [2.75, 3.05) is 25.4 Å². The van der Waals surface area contributed by atoms with Crippen LogP contribution in [0, 0.1) is 0 Å². The summed E-state index contributed by atoms with van der Waals surface area (Å²) in [5.41, 5.74) is 2.44. The maximum absolute atomic E-state index is 12.6. The molecule has 0 aromatic heterocycles. The van der Waals surface area contributed by atoms with Gasteiger partial charge in [0.2, 0.25) is 0 Å². The summed E-state index contributed by atoms with van der Waals surface area (Å²) in [5.74, 6) is 1.00. The van der Waals surface area contributed by atoms with Crippen LogP contribution in [0.2, 0.25) is 0 Å². The van der Waals surface area contributed by atoms with Gasteiger partial charge in [0.15, 0.2) is 6.61 Å². The number of carbonyl (C=O) groups excluding carboxylic acids is 2. The van der Waals surface area contributed by atoms with Crippen LogP contribution in [0.5, 0.6) is 0 Å². The average molecular weight is 429 g/mol. The first-order valence-electron chi connectivity index (χ1n) is 9.54. The highest BCUT2D eigenvalue weighted by Crippen LogP contribution is 2.26. The number of thioether (sulfide) groups is 2. The van der Waals surface area contributed by atoms with Crippen molar-refractivity contribution >= 4 is 39.8 Å². The summed E-state index contributed by atoms with van der Waals surface area (Å²) in [5, 5.41) is 0. The van der Waals surface area contributed by atoms with Gasteiger partial charge in [-0.1, -0.05) is 72.1 Å². The lowest BCUT2D eigenvalue weighted by molar-refractivity contribution is -0.134. The van der Waals surface area contributed by atoms with Crippen molar-refractivity contribution in [3.8, 4) is 0 Å². The molecule has 0 N–H and O–H groups in total. The van der Waals surface area contributed by atoms with Crippen molar-refractivity contribution in [3.63, 3.8) is 0 Å². The number of hydrogen-bond donors (Lipinski definition) is 0. The van der Waals surface area contributed by atoms with E-state index in [1.54, 1.807) is 34.5 Å². The van der Waals surface area contributed by atoms with E-state index in [0.717, 1.165) is 27.8 Å². The lowest BCUT2D eigenvalue weighted by atomic mass is 10.1. The molecule has 0 fully saturated rings. The minimum Gasteiger partial charge on any atom is -0.452 e. The lowest BCUT2D eigenvalue weighted by Gasteiger charge is -2.21. The highest BCUT2D eigenvalue weighted by Gasteiger charge is 2.18. The van der Waals surface area contributed by atoms with Gasteiger partial charge in [-0.05, 0) is 24.1 Å². The topological polar surface area (TPSA) is 59.0 Å². The molecule has 7 heteroatoms. The predicted octanol–water partition coefficient (Wildman–Crippen LogP) is 4.23. The van der Waals surface area contributed by atoms with Gasteiger partial charge < -0.3 is 9.64 Å². The van der Waals surface area contributed by atoms with E-state index in [1.807, 2.05) is 55.5 Å². The Morgan fingerprint density at radius 3 is 2.62 bits per heavy atom. The molecule has 3 rings (SSSR count). The van der Waals surface area contributed by atoms with Gasteiger partial charge in [-0.3, -0.25) is 9.79 Å². The Morgan fingerprint density at radius 1 is 1.14 bits per heavy atom. The monoisotopic (exact) mass is 428 g/mol. The van der Waals surface area contributed by atoms with Crippen LogP contribution in [-0.4, -0.2) is 46.6 Å². The Hall–Kier alpha value is -2.25. The maximum Gasteiger partial charge on any atom is 0.338 e. The number of nitrogens with zero attached hydrogens (tertiary/aromatic N) is 2. The number of aliphatic imine (C=N–C) groups is 1. The SMILES string of the molecule is CCN(Cc1ccccc1)C(=O)COC(=O)c1ccccc1CSC1=NCCS1. The molecule has 152 valence electrons. The molecule has 2 aromatic carbocycles. The lowest BCUT2D eigenvalue weighted by Crippen LogP contribution is -2.34. The molecule has 0 unspecified atom stereocenters. The number of rotatable bonds is 8. The zero-order valence-corrected chi connectivity index (χ0v) is 18.0. The fourth-order valence-electron chi connectivity index (χ4n) is 2.86. The van der Waals surface area contributed by atoms with Gasteiger partial charge in [0.25, 0.3) is 5.91 Å². The van der Waals surface area contributed by atoms with Crippen LogP contribution in [0.15, 0.2) is 59.6 Å². The maximum atomic E-state index is 12.6. The number of ether oxygens (including phenoxy) is 1. The molecule has 5 nitrogen and oxygen atoms in total. The molecular formula is C22H24N2O3S2. The minimum absolute atomic E-state index is 0.201. The van der Waals surface area contributed by atoms with Crippen LogP contribution in [0.4, 0.5) is 0 Å². The van der Waals surface area contributed by atoms with E-state index in [1.165, 1.54) is 0 Å². The summed E-state index contributed by atoms with van der Waals surface area (Å²) in [7, 11) is 0. The van der Waals surface area contributed by atoms with E-state index < -0.39 is 5.97 Å². The number of esters is 1. The number of carbonyl (C=O) groups is 2. The summed E-state index contributed by atoms with van der Waals surface area (Å²) < 4.78 is 6.41. The van der Waals surface area contributed by atoms with Gasteiger partial charge in [0.1, 0.15) is 4.38 Å². The van der Waals surface area contributed by atoms with E-state index in [-0.39, 0.29) is 12.5 Å². The molecule has 0 bridgehead atoms. The third kappa shape index (κ3) is 6.37. The normalized spacial score (nSPS) is 13.1. The Kier molecular flexibility index (Phi) is 8.19. The molecule has 0 radical (unpaired) electrons. The molecule has 0 atom stereocenters. The van der Waals surface area contributed by atoms with Gasteiger partial charge in [-0.2, -0.15) is 0 Å². The zero-order chi connectivity index (χ0) is 20.5. The van der Waals surface area contributed by atoms with Crippen molar-refractivity contribution in [2.24, 2.45) is 4.99 Å². The van der Waals surface area contributed by atoms with Crippen LogP contribution in [-0.2, 0) is 21.8 Å². The molecule has 29 heavy (non-hydrogen) atoms. The summed E-state index contributed by atoms with van der Waals surface area (Å²) >= 11 is 3.38. The second-order valence-electron chi connectivity index (χ2n) is 6.41. The van der Waals surface area contributed by atoms with Crippen LogP contribution in [0.25, 0.3) is 0 Å². The standard InChI is InChI=1S/C22H24N2O3S2/c1-2-24(14-17-8-4-3-5-9-17)20(25)15-27-21(26)19-11-7-6-10-18(19)16-29-22-23-12-13-28-22/h3-11H,2,12-16H2,1H3. The highest BCUT2D eigenvalue weighted by atomic mass is 32.2.